The van der Waals surface area contributed by atoms with Gasteiger partial charge >= 0.3 is 0 Å². The highest BCUT2D eigenvalue weighted by Gasteiger charge is 2.27. The summed E-state index contributed by atoms with van der Waals surface area (Å²) in [6, 6.07) is 13.9. The van der Waals surface area contributed by atoms with E-state index in [0.717, 1.165) is 12.0 Å². The van der Waals surface area contributed by atoms with Crippen molar-refractivity contribution in [1.82, 2.24) is 29.9 Å². The van der Waals surface area contributed by atoms with E-state index in [9.17, 15) is 14.0 Å². The zero-order valence-corrected chi connectivity index (χ0v) is 18.9. The van der Waals surface area contributed by atoms with Gasteiger partial charge in [0.05, 0.1) is 6.54 Å². The Kier molecular flexibility index (Phi) is 5.91. The second kappa shape index (κ2) is 9.17. The smallest absolute Gasteiger partial charge is 0.281 e. The summed E-state index contributed by atoms with van der Waals surface area (Å²) in [6.07, 6.45) is 2.31. The van der Waals surface area contributed by atoms with Crippen molar-refractivity contribution in [1.29, 1.82) is 0 Å². The molecule has 0 atom stereocenters. The number of aryl methyl sites for hydroxylation is 1. The standard InChI is InChI=1S/C25H25FN6O2/c1-2-16-3-5-17(6-4-16)15-32-23-21(29-30-32)24(33)28-22(27-23)18-11-13-31(14-12-18)25(34)19-7-9-20(26)10-8-19/h3-10,18H,2,11-15H2,1H3,(H,27,28,33). The lowest BCUT2D eigenvalue weighted by molar-refractivity contribution is 0.0711. The normalized spacial score (nSPS) is 14.6. The van der Waals surface area contributed by atoms with Gasteiger partial charge in [0.1, 0.15) is 11.6 Å². The second-order valence-electron chi connectivity index (χ2n) is 8.61. The van der Waals surface area contributed by atoms with Gasteiger partial charge in [0, 0.05) is 24.6 Å². The van der Waals surface area contributed by atoms with Crippen molar-refractivity contribution in [2.24, 2.45) is 0 Å². The largest absolute Gasteiger partial charge is 0.339 e. The molecular formula is C25H25FN6O2. The number of hydrogen-bond acceptors (Lipinski definition) is 5. The third-order valence-electron chi connectivity index (χ3n) is 6.42. The minimum absolute atomic E-state index is 0.0153. The maximum atomic E-state index is 13.2. The van der Waals surface area contributed by atoms with Crippen molar-refractivity contribution in [2.45, 2.75) is 38.6 Å². The first-order valence-corrected chi connectivity index (χ1v) is 11.5. The van der Waals surface area contributed by atoms with Crippen LogP contribution in [0.1, 0.15) is 53.0 Å². The highest BCUT2D eigenvalue weighted by molar-refractivity contribution is 5.94. The highest BCUT2D eigenvalue weighted by Crippen LogP contribution is 2.26. The van der Waals surface area contributed by atoms with Crippen LogP contribution in [0, 0.1) is 5.82 Å². The van der Waals surface area contributed by atoms with Crippen LogP contribution < -0.4 is 5.56 Å². The molecule has 1 N–H and O–H groups in total. The Labute approximate surface area is 195 Å². The van der Waals surface area contributed by atoms with Crippen molar-refractivity contribution in [3.63, 3.8) is 0 Å². The Balaban J connectivity index is 1.33. The van der Waals surface area contributed by atoms with E-state index < -0.39 is 0 Å². The number of nitrogens with zero attached hydrogens (tertiary/aromatic N) is 5. The van der Waals surface area contributed by atoms with Crippen LogP contribution >= 0.6 is 0 Å². The summed E-state index contributed by atoms with van der Waals surface area (Å²) in [4.78, 5) is 34.7. The lowest BCUT2D eigenvalue weighted by atomic mass is 9.95. The van der Waals surface area contributed by atoms with Crippen molar-refractivity contribution in [3.8, 4) is 0 Å². The molecule has 1 fully saturated rings. The average Bonchev–Trinajstić information content (AvgIpc) is 3.28. The number of carbonyl (C=O) groups is 1. The van der Waals surface area contributed by atoms with Crippen LogP contribution in [-0.4, -0.2) is 48.9 Å². The van der Waals surface area contributed by atoms with Crippen LogP contribution in [0.25, 0.3) is 11.2 Å². The fourth-order valence-corrected chi connectivity index (χ4v) is 4.37. The molecule has 0 bridgehead atoms. The van der Waals surface area contributed by atoms with E-state index in [1.807, 2.05) is 12.1 Å². The number of rotatable bonds is 5. The fraction of sp³-hybridized carbons (Fsp3) is 0.320. The molecule has 4 aromatic rings. The fourth-order valence-electron chi connectivity index (χ4n) is 4.37. The van der Waals surface area contributed by atoms with Gasteiger partial charge in [-0.1, -0.05) is 36.4 Å². The van der Waals surface area contributed by atoms with Crippen molar-refractivity contribution >= 4 is 17.1 Å². The predicted octanol–water partition coefficient (Wildman–Crippen LogP) is 3.28. The number of piperidine rings is 1. The lowest BCUT2D eigenvalue weighted by Crippen LogP contribution is -2.38. The molecule has 3 heterocycles. The van der Waals surface area contributed by atoms with Crippen molar-refractivity contribution in [2.75, 3.05) is 13.1 Å². The summed E-state index contributed by atoms with van der Waals surface area (Å²) in [5.41, 5.74) is 3.15. The summed E-state index contributed by atoms with van der Waals surface area (Å²) in [7, 11) is 0. The van der Waals surface area contributed by atoms with Gasteiger partial charge in [-0.15, -0.1) is 5.10 Å². The van der Waals surface area contributed by atoms with E-state index in [1.165, 1.54) is 29.8 Å². The molecule has 9 heteroatoms. The summed E-state index contributed by atoms with van der Waals surface area (Å²) in [5.74, 6) is 0.122. The number of H-pyrrole nitrogens is 1. The number of halogens is 1. The average molecular weight is 461 g/mol. The van der Waals surface area contributed by atoms with Gasteiger partial charge in [0.15, 0.2) is 11.2 Å². The van der Waals surface area contributed by atoms with Gasteiger partial charge in [-0.2, -0.15) is 0 Å². The third kappa shape index (κ3) is 4.33. The molecule has 1 aliphatic heterocycles. The number of carbonyl (C=O) groups excluding carboxylic acids is 1. The molecule has 174 valence electrons. The maximum absolute atomic E-state index is 13.2. The molecule has 0 unspecified atom stereocenters. The second-order valence-corrected chi connectivity index (χ2v) is 8.61. The Morgan fingerprint density at radius 3 is 2.41 bits per heavy atom. The van der Waals surface area contributed by atoms with E-state index in [4.69, 9.17) is 4.98 Å². The molecule has 0 spiro atoms. The molecular weight excluding hydrogens is 435 g/mol. The number of nitrogens with one attached hydrogen (secondary N) is 1. The molecule has 8 nitrogen and oxygen atoms in total. The first-order valence-electron chi connectivity index (χ1n) is 11.5. The van der Waals surface area contributed by atoms with Crippen molar-refractivity contribution in [3.05, 3.63) is 87.2 Å². The minimum atomic E-state index is -0.368. The molecule has 2 aromatic heterocycles. The predicted molar refractivity (Wildman–Crippen MR) is 125 cm³/mol. The summed E-state index contributed by atoms with van der Waals surface area (Å²) < 4.78 is 14.8. The Bertz CT molecular complexity index is 1370. The number of likely N-dealkylation sites (tertiary alicyclic amines) is 1. The van der Waals surface area contributed by atoms with E-state index in [-0.39, 0.29) is 28.7 Å². The lowest BCUT2D eigenvalue weighted by Gasteiger charge is -2.31. The van der Waals surface area contributed by atoms with E-state index >= 15 is 0 Å². The Morgan fingerprint density at radius 1 is 1.06 bits per heavy atom. The number of amides is 1. The third-order valence-corrected chi connectivity index (χ3v) is 6.42. The first-order chi connectivity index (χ1) is 16.5. The number of hydrogen-bond donors (Lipinski definition) is 1. The molecule has 34 heavy (non-hydrogen) atoms. The molecule has 1 aliphatic rings. The summed E-state index contributed by atoms with van der Waals surface area (Å²) in [5, 5.41) is 8.20. The van der Waals surface area contributed by atoms with E-state index in [2.05, 4.69) is 34.4 Å². The van der Waals surface area contributed by atoms with Crippen LogP contribution in [0.3, 0.4) is 0 Å². The highest BCUT2D eigenvalue weighted by atomic mass is 19.1. The zero-order chi connectivity index (χ0) is 23.7. The van der Waals surface area contributed by atoms with E-state index in [0.29, 0.717) is 49.5 Å². The molecule has 1 saturated heterocycles. The number of benzene rings is 2. The molecule has 5 rings (SSSR count). The summed E-state index contributed by atoms with van der Waals surface area (Å²) >= 11 is 0. The van der Waals surface area contributed by atoms with Gasteiger partial charge in [0.2, 0.25) is 0 Å². The maximum Gasteiger partial charge on any atom is 0.281 e. The van der Waals surface area contributed by atoms with Crippen LogP contribution in [0.2, 0.25) is 0 Å². The van der Waals surface area contributed by atoms with Gasteiger partial charge in [-0.25, -0.2) is 14.1 Å². The van der Waals surface area contributed by atoms with Crippen LogP contribution in [0.15, 0.2) is 53.3 Å². The first kappa shape index (κ1) is 21.9. The molecule has 0 radical (unpaired) electrons. The Hall–Kier alpha value is -3.88. The quantitative estimate of drug-likeness (QED) is 0.493. The van der Waals surface area contributed by atoms with Crippen LogP contribution in [0.4, 0.5) is 4.39 Å². The molecule has 0 aliphatic carbocycles. The monoisotopic (exact) mass is 460 g/mol. The minimum Gasteiger partial charge on any atom is -0.339 e. The van der Waals surface area contributed by atoms with Gasteiger partial charge in [-0.3, -0.25) is 9.59 Å². The zero-order valence-electron chi connectivity index (χ0n) is 18.9. The molecule has 0 saturated carbocycles. The number of aromatic nitrogens is 5. The van der Waals surface area contributed by atoms with Crippen LogP contribution in [0.5, 0.6) is 0 Å². The molecule has 2 aromatic carbocycles. The van der Waals surface area contributed by atoms with Crippen molar-refractivity contribution < 1.29 is 9.18 Å². The molecule has 1 amide bonds. The number of fused-ring (bicyclic) bond motifs is 1. The van der Waals surface area contributed by atoms with Gasteiger partial charge in [-0.05, 0) is 54.7 Å². The summed E-state index contributed by atoms with van der Waals surface area (Å²) in [6.45, 7) is 3.65. The Morgan fingerprint density at radius 2 is 1.74 bits per heavy atom. The van der Waals surface area contributed by atoms with Crippen LogP contribution in [-0.2, 0) is 13.0 Å². The van der Waals surface area contributed by atoms with Gasteiger partial charge in [0.25, 0.3) is 11.5 Å². The number of aromatic amines is 1. The van der Waals surface area contributed by atoms with Gasteiger partial charge < -0.3 is 9.88 Å². The van der Waals surface area contributed by atoms with E-state index in [1.54, 1.807) is 9.58 Å². The SMILES string of the molecule is CCc1ccc(Cn2nnc3c(=O)[nH]c(C4CCN(C(=O)c5ccc(F)cc5)CC4)nc32)cc1. The topological polar surface area (TPSA) is 96.8 Å².